The first-order chi connectivity index (χ1) is 10.8. The van der Waals surface area contributed by atoms with Crippen LogP contribution < -0.4 is 10.1 Å². The van der Waals surface area contributed by atoms with Crippen molar-refractivity contribution in [2.24, 2.45) is 10.4 Å². The zero-order valence-electron chi connectivity index (χ0n) is 13.6. The Balaban J connectivity index is 1.60. The van der Waals surface area contributed by atoms with Crippen molar-refractivity contribution in [3.05, 3.63) is 23.9 Å². The van der Waals surface area contributed by atoms with Crippen molar-refractivity contribution in [3.63, 3.8) is 0 Å². The number of hydrogen-bond donors (Lipinski definition) is 1. The van der Waals surface area contributed by atoms with Gasteiger partial charge in [-0.3, -0.25) is 4.99 Å². The molecule has 0 atom stereocenters. The van der Waals surface area contributed by atoms with E-state index in [2.05, 4.69) is 26.3 Å². The third-order valence-corrected chi connectivity index (χ3v) is 4.93. The summed E-state index contributed by atoms with van der Waals surface area (Å²) in [5.74, 6) is 1.71. The van der Waals surface area contributed by atoms with Gasteiger partial charge in [-0.25, -0.2) is 4.98 Å². The predicted molar refractivity (Wildman–Crippen MR) is 88.1 cm³/mol. The van der Waals surface area contributed by atoms with Gasteiger partial charge >= 0.3 is 0 Å². The van der Waals surface area contributed by atoms with Gasteiger partial charge in [0.1, 0.15) is 0 Å². The first-order valence-corrected chi connectivity index (χ1v) is 8.29. The lowest BCUT2D eigenvalue weighted by Crippen LogP contribution is -2.42. The fourth-order valence-electron chi connectivity index (χ4n) is 3.53. The van der Waals surface area contributed by atoms with E-state index in [0.29, 0.717) is 24.4 Å². The largest absolute Gasteiger partial charge is 0.478 e. The number of guanidine groups is 1. The quantitative estimate of drug-likeness (QED) is 0.685. The van der Waals surface area contributed by atoms with Gasteiger partial charge in [-0.05, 0) is 37.7 Å². The summed E-state index contributed by atoms with van der Waals surface area (Å²) >= 11 is 0. The zero-order valence-corrected chi connectivity index (χ0v) is 13.6. The lowest BCUT2D eigenvalue weighted by atomic mass is 9.68. The molecule has 0 bridgehead atoms. The second kappa shape index (κ2) is 6.55. The zero-order chi connectivity index (χ0) is 15.4. The lowest BCUT2D eigenvalue weighted by Gasteiger charge is -2.38. The molecule has 2 heterocycles. The third-order valence-electron chi connectivity index (χ3n) is 4.93. The van der Waals surface area contributed by atoms with Crippen LogP contribution in [-0.2, 0) is 6.54 Å². The molecule has 1 aliphatic heterocycles. The summed E-state index contributed by atoms with van der Waals surface area (Å²) in [5, 5.41) is 3.47. The second-order valence-electron chi connectivity index (χ2n) is 6.33. The number of nitrogens with one attached hydrogen (secondary N) is 1. The molecule has 2 aliphatic rings. The first kappa shape index (κ1) is 15.1. The minimum absolute atomic E-state index is 0.586. The standard InChI is InChI=1S/C17H26N4O/c1-3-22-15-14(6-4-10-19-15)12-20-16(18-2)21-11-9-17(13-21)7-5-8-17/h4,6,10H,3,5,7-9,11-13H2,1-2H3,(H,18,20). The number of aliphatic imine (C=N–C) groups is 1. The minimum Gasteiger partial charge on any atom is -0.478 e. The number of likely N-dealkylation sites (tertiary alicyclic amines) is 1. The van der Waals surface area contributed by atoms with E-state index < -0.39 is 0 Å². The first-order valence-electron chi connectivity index (χ1n) is 8.29. The average molecular weight is 302 g/mol. The van der Waals surface area contributed by atoms with E-state index in [-0.39, 0.29) is 0 Å². The highest BCUT2D eigenvalue weighted by Crippen LogP contribution is 2.47. The Morgan fingerprint density at radius 3 is 2.95 bits per heavy atom. The van der Waals surface area contributed by atoms with Crippen molar-refractivity contribution in [2.45, 2.75) is 39.2 Å². The molecule has 0 amide bonds. The highest BCUT2D eigenvalue weighted by Gasteiger charge is 2.43. The molecule has 1 aromatic heterocycles. The maximum Gasteiger partial charge on any atom is 0.218 e. The summed E-state index contributed by atoms with van der Waals surface area (Å²) in [5.41, 5.74) is 1.66. The molecular weight excluding hydrogens is 276 g/mol. The molecule has 1 saturated heterocycles. The van der Waals surface area contributed by atoms with Gasteiger partial charge in [0.05, 0.1) is 6.61 Å². The van der Waals surface area contributed by atoms with Gasteiger partial charge in [0.2, 0.25) is 5.88 Å². The van der Waals surface area contributed by atoms with Gasteiger partial charge in [0.25, 0.3) is 0 Å². The highest BCUT2D eigenvalue weighted by molar-refractivity contribution is 5.80. The summed E-state index contributed by atoms with van der Waals surface area (Å²) in [6, 6.07) is 4.00. The molecule has 5 heteroatoms. The van der Waals surface area contributed by atoms with Crippen LogP contribution >= 0.6 is 0 Å². The van der Waals surface area contributed by atoms with Crippen LogP contribution in [0.1, 0.15) is 38.2 Å². The molecule has 1 N–H and O–H groups in total. The number of pyridine rings is 1. The number of aromatic nitrogens is 1. The maximum atomic E-state index is 5.58. The van der Waals surface area contributed by atoms with Crippen molar-refractivity contribution in [1.82, 2.24) is 15.2 Å². The lowest BCUT2D eigenvalue weighted by molar-refractivity contribution is 0.151. The van der Waals surface area contributed by atoms with Gasteiger partial charge < -0.3 is 15.0 Å². The van der Waals surface area contributed by atoms with Crippen LogP contribution in [0.3, 0.4) is 0 Å². The van der Waals surface area contributed by atoms with E-state index in [4.69, 9.17) is 4.74 Å². The molecule has 0 radical (unpaired) electrons. The Labute approximate surface area is 132 Å². The summed E-state index contributed by atoms with van der Waals surface area (Å²) in [6.45, 7) is 5.57. The van der Waals surface area contributed by atoms with Crippen molar-refractivity contribution < 1.29 is 4.74 Å². The van der Waals surface area contributed by atoms with Crippen LogP contribution in [0, 0.1) is 5.41 Å². The molecule has 0 unspecified atom stereocenters. The molecule has 1 spiro atoms. The second-order valence-corrected chi connectivity index (χ2v) is 6.33. The Hall–Kier alpha value is -1.78. The number of hydrogen-bond acceptors (Lipinski definition) is 3. The Morgan fingerprint density at radius 1 is 1.45 bits per heavy atom. The molecule has 120 valence electrons. The van der Waals surface area contributed by atoms with E-state index in [0.717, 1.165) is 24.6 Å². The van der Waals surface area contributed by atoms with E-state index in [1.165, 1.54) is 25.7 Å². The molecule has 1 aliphatic carbocycles. The molecular formula is C17H26N4O. The summed E-state index contributed by atoms with van der Waals surface area (Å²) < 4.78 is 5.58. The number of rotatable bonds is 4. The highest BCUT2D eigenvalue weighted by atomic mass is 16.5. The smallest absolute Gasteiger partial charge is 0.218 e. The van der Waals surface area contributed by atoms with Crippen molar-refractivity contribution in [3.8, 4) is 5.88 Å². The normalized spacial score (nSPS) is 20.1. The van der Waals surface area contributed by atoms with Gasteiger partial charge in [0.15, 0.2) is 5.96 Å². The maximum absolute atomic E-state index is 5.58. The molecule has 1 aromatic rings. The van der Waals surface area contributed by atoms with Crippen LogP contribution in [0.4, 0.5) is 0 Å². The average Bonchev–Trinajstić information content (AvgIpc) is 2.95. The van der Waals surface area contributed by atoms with Crippen LogP contribution in [-0.4, -0.2) is 42.6 Å². The summed E-state index contributed by atoms with van der Waals surface area (Å²) in [6.07, 6.45) is 7.25. The van der Waals surface area contributed by atoms with Crippen LogP contribution in [0.2, 0.25) is 0 Å². The minimum atomic E-state index is 0.586. The van der Waals surface area contributed by atoms with Gasteiger partial charge in [0, 0.05) is 38.4 Å². The van der Waals surface area contributed by atoms with Gasteiger partial charge in [-0.1, -0.05) is 12.5 Å². The molecule has 3 rings (SSSR count). The molecule has 2 fully saturated rings. The number of nitrogens with zero attached hydrogens (tertiary/aromatic N) is 3. The van der Waals surface area contributed by atoms with Crippen molar-refractivity contribution in [1.29, 1.82) is 0 Å². The molecule has 5 nitrogen and oxygen atoms in total. The van der Waals surface area contributed by atoms with Crippen LogP contribution in [0.5, 0.6) is 5.88 Å². The SMILES string of the molecule is CCOc1ncccc1CNC(=NC)N1CCC2(CCC2)C1. The fraction of sp³-hybridized carbons (Fsp3) is 0.647. The molecule has 1 saturated carbocycles. The van der Waals surface area contributed by atoms with Crippen LogP contribution in [0.25, 0.3) is 0 Å². The van der Waals surface area contributed by atoms with E-state index in [1.54, 1.807) is 6.20 Å². The summed E-state index contributed by atoms with van der Waals surface area (Å²) in [7, 11) is 1.86. The van der Waals surface area contributed by atoms with Gasteiger partial charge in [-0.2, -0.15) is 0 Å². The summed E-state index contributed by atoms with van der Waals surface area (Å²) in [4.78, 5) is 11.2. The molecule has 0 aromatic carbocycles. The van der Waals surface area contributed by atoms with Crippen molar-refractivity contribution in [2.75, 3.05) is 26.7 Å². The third kappa shape index (κ3) is 3.03. The van der Waals surface area contributed by atoms with Crippen LogP contribution in [0.15, 0.2) is 23.3 Å². The predicted octanol–water partition coefficient (Wildman–Crippen LogP) is 2.43. The van der Waals surface area contributed by atoms with E-state index in [1.807, 2.05) is 20.0 Å². The fourth-order valence-corrected chi connectivity index (χ4v) is 3.53. The van der Waals surface area contributed by atoms with E-state index in [9.17, 15) is 0 Å². The topological polar surface area (TPSA) is 49.8 Å². The molecule has 22 heavy (non-hydrogen) atoms. The monoisotopic (exact) mass is 302 g/mol. The van der Waals surface area contributed by atoms with Gasteiger partial charge in [-0.15, -0.1) is 0 Å². The number of ether oxygens (including phenoxy) is 1. The van der Waals surface area contributed by atoms with Crippen molar-refractivity contribution >= 4 is 5.96 Å². The Kier molecular flexibility index (Phi) is 4.50. The van der Waals surface area contributed by atoms with E-state index >= 15 is 0 Å². The Bertz CT molecular complexity index is 539. The Morgan fingerprint density at radius 2 is 2.32 bits per heavy atom.